The first kappa shape index (κ1) is 12.8. The number of halogens is 1. The summed E-state index contributed by atoms with van der Waals surface area (Å²) in [5.41, 5.74) is -0.387. The molecule has 0 aromatic carbocycles. The lowest BCUT2D eigenvalue weighted by atomic mass is 9.91. The minimum atomic E-state index is -1.31. The Bertz CT molecular complexity index is 449. The van der Waals surface area contributed by atoms with E-state index in [2.05, 4.69) is 4.98 Å². The Kier molecular flexibility index (Phi) is 3.76. The van der Waals surface area contributed by atoms with Crippen molar-refractivity contribution in [2.45, 2.75) is 25.3 Å². The second-order valence-electron chi connectivity index (χ2n) is 4.30. The van der Waals surface area contributed by atoms with Gasteiger partial charge in [-0.05, 0) is 25.3 Å². The fraction of sp³-hybridized carbons (Fsp3) is 0.500. The third kappa shape index (κ3) is 2.28. The van der Waals surface area contributed by atoms with Gasteiger partial charge in [0.15, 0.2) is 11.6 Å². The molecule has 0 bridgehead atoms. The normalized spacial score (nSPS) is 15.2. The Morgan fingerprint density at radius 3 is 2.78 bits per heavy atom. The van der Waals surface area contributed by atoms with E-state index in [0.29, 0.717) is 0 Å². The molecule has 0 atom stereocenters. The molecule has 2 rings (SSSR count). The Labute approximate surface area is 104 Å². The molecule has 98 valence electrons. The van der Waals surface area contributed by atoms with Crippen LogP contribution in [-0.2, 0) is 0 Å². The van der Waals surface area contributed by atoms with E-state index >= 15 is 0 Å². The van der Waals surface area contributed by atoms with Crippen molar-refractivity contribution >= 4 is 11.8 Å². The van der Waals surface area contributed by atoms with E-state index in [1.165, 1.54) is 6.20 Å². The molecule has 0 radical (unpaired) electrons. The van der Waals surface area contributed by atoms with Crippen LogP contribution in [0, 0.1) is 5.82 Å². The number of carboxylic acids is 1. The van der Waals surface area contributed by atoms with Crippen molar-refractivity contribution in [3.05, 3.63) is 23.6 Å². The number of carboxylic acid groups (broad SMARTS) is 1. The summed E-state index contributed by atoms with van der Waals surface area (Å²) >= 11 is 0. The topological polar surface area (TPSA) is 73.7 Å². The van der Waals surface area contributed by atoms with Gasteiger partial charge in [0.2, 0.25) is 0 Å². The average Bonchev–Trinajstić information content (AvgIpc) is 2.26. The predicted molar refractivity (Wildman–Crippen MR) is 63.2 cm³/mol. The molecule has 1 aromatic heterocycles. The third-order valence-electron chi connectivity index (χ3n) is 3.23. The molecule has 0 saturated heterocycles. The van der Waals surface area contributed by atoms with E-state index in [9.17, 15) is 9.18 Å². The van der Waals surface area contributed by atoms with E-state index in [1.807, 2.05) is 0 Å². The molecule has 2 N–H and O–H groups in total. The van der Waals surface area contributed by atoms with Gasteiger partial charge in [-0.3, -0.25) is 0 Å². The van der Waals surface area contributed by atoms with Crippen LogP contribution in [0.4, 0.5) is 10.2 Å². The van der Waals surface area contributed by atoms with Crippen molar-refractivity contribution in [1.82, 2.24) is 4.98 Å². The fourth-order valence-corrected chi connectivity index (χ4v) is 2.07. The molecule has 1 aliphatic rings. The van der Waals surface area contributed by atoms with Gasteiger partial charge in [-0.15, -0.1) is 0 Å². The Hall–Kier alpha value is -1.69. The third-order valence-corrected chi connectivity index (χ3v) is 3.23. The highest BCUT2D eigenvalue weighted by Gasteiger charge is 2.29. The van der Waals surface area contributed by atoms with Crippen molar-refractivity contribution in [3.8, 4) is 0 Å². The largest absolute Gasteiger partial charge is 0.478 e. The summed E-state index contributed by atoms with van der Waals surface area (Å²) in [6.45, 7) is 0.145. The molecule has 18 heavy (non-hydrogen) atoms. The highest BCUT2D eigenvalue weighted by molar-refractivity contribution is 5.88. The fourth-order valence-electron chi connectivity index (χ4n) is 2.07. The number of pyridine rings is 1. The molecule has 5 nitrogen and oxygen atoms in total. The second kappa shape index (κ2) is 5.30. The van der Waals surface area contributed by atoms with Gasteiger partial charge >= 0.3 is 5.97 Å². The maximum Gasteiger partial charge on any atom is 0.338 e. The monoisotopic (exact) mass is 254 g/mol. The molecular formula is C12H15FN2O3. The predicted octanol–water partition coefficient (Wildman–Crippen LogP) is 1.27. The number of aromatic nitrogens is 1. The maximum absolute atomic E-state index is 14.1. The van der Waals surface area contributed by atoms with Gasteiger partial charge in [0.25, 0.3) is 0 Å². The summed E-state index contributed by atoms with van der Waals surface area (Å²) < 4.78 is 14.1. The number of hydrogen-bond donors (Lipinski definition) is 2. The van der Waals surface area contributed by atoms with Crippen LogP contribution in [0.25, 0.3) is 0 Å². The van der Waals surface area contributed by atoms with Crippen LogP contribution in [0.1, 0.15) is 29.6 Å². The Morgan fingerprint density at radius 1 is 1.56 bits per heavy atom. The first-order valence-corrected chi connectivity index (χ1v) is 5.90. The molecule has 1 heterocycles. The zero-order chi connectivity index (χ0) is 13.1. The summed E-state index contributed by atoms with van der Waals surface area (Å²) in [6, 6.07) is 1.28. The molecule has 1 aromatic rings. The Morgan fingerprint density at radius 2 is 2.28 bits per heavy atom. The molecule has 0 aliphatic heterocycles. The summed E-state index contributed by atoms with van der Waals surface area (Å²) in [7, 11) is 0. The molecule has 6 heteroatoms. The highest BCUT2D eigenvalue weighted by Crippen LogP contribution is 2.30. The van der Waals surface area contributed by atoms with Gasteiger partial charge in [0.1, 0.15) is 5.56 Å². The van der Waals surface area contributed by atoms with Crippen LogP contribution in [0.5, 0.6) is 0 Å². The van der Waals surface area contributed by atoms with Crippen molar-refractivity contribution in [1.29, 1.82) is 0 Å². The highest BCUT2D eigenvalue weighted by atomic mass is 19.1. The van der Waals surface area contributed by atoms with E-state index in [0.717, 1.165) is 25.3 Å². The van der Waals surface area contributed by atoms with Crippen molar-refractivity contribution in [2.75, 3.05) is 18.1 Å². The van der Waals surface area contributed by atoms with Crippen molar-refractivity contribution in [2.24, 2.45) is 0 Å². The summed E-state index contributed by atoms with van der Waals surface area (Å²) in [6.07, 6.45) is 4.18. The van der Waals surface area contributed by atoms with Crippen molar-refractivity contribution < 1.29 is 19.4 Å². The molecule has 1 aliphatic carbocycles. The van der Waals surface area contributed by atoms with Gasteiger partial charge in [0.05, 0.1) is 6.61 Å². The first-order valence-electron chi connectivity index (χ1n) is 5.90. The number of carbonyl (C=O) groups is 1. The summed E-state index contributed by atoms with van der Waals surface area (Å²) in [5, 5.41) is 17.9. The Balaban J connectivity index is 2.34. The van der Waals surface area contributed by atoms with Gasteiger partial charge in [-0.25, -0.2) is 14.2 Å². The smallest absolute Gasteiger partial charge is 0.338 e. The lowest BCUT2D eigenvalue weighted by Crippen LogP contribution is -2.43. The standard InChI is InChI=1S/C12H15FN2O3/c13-10-9(12(17)18)4-5-14-11(10)15(6-7-16)8-2-1-3-8/h4-5,8,16H,1-3,6-7H2,(H,17,18). The molecular weight excluding hydrogens is 239 g/mol. The zero-order valence-corrected chi connectivity index (χ0v) is 9.84. The average molecular weight is 254 g/mol. The molecule has 0 spiro atoms. The zero-order valence-electron chi connectivity index (χ0n) is 9.84. The molecule has 1 saturated carbocycles. The van der Waals surface area contributed by atoms with Crippen LogP contribution >= 0.6 is 0 Å². The SMILES string of the molecule is O=C(O)c1ccnc(N(CCO)C2CCC2)c1F. The lowest BCUT2D eigenvalue weighted by Gasteiger charge is -2.38. The van der Waals surface area contributed by atoms with Crippen molar-refractivity contribution in [3.63, 3.8) is 0 Å². The number of aliphatic hydroxyl groups excluding tert-OH is 1. The van der Waals surface area contributed by atoms with Crippen LogP contribution in [-0.4, -0.2) is 40.4 Å². The van der Waals surface area contributed by atoms with Crippen LogP contribution in [0.2, 0.25) is 0 Å². The van der Waals surface area contributed by atoms with Gasteiger partial charge in [0, 0.05) is 18.8 Å². The number of aromatic carboxylic acids is 1. The van der Waals surface area contributed by atoms with Crippen LogP contribution in [0.3, 0.4) is 0 Å². The second-order valence-corrected chi connectivity index (χ2v) is 4.30. The van der Waals surface area contributed by atoms with Gasteiger partial charge in [-0.2, -0.15) is 0 Å². The minimum Gasteiger partial charge on any atom is -0.478 e. The number of nitrogens with zero attached hydrogens (tertiary/aromatic N) is 2. The quantitative estimate of drug-likeness (QED) is 0.827. The lowest BCUT2D eigenvalue weighted by molar-refractivity contribution is 0.0691. The van der Waals surface area contributed by atoms with E-state index < -0.39 is 11.8 Å². The molecule has 1 fully saturated rings. The first-order chi connectivity index (χ1) is 8.65. The van der Waals surface area contributed by atoms with Gasteiger partial charge in [-0.1, -0.05) is 0 Å². The maximum atomic E-state index is 14.1. The number of anilines is 1. The van der Waals surface area contributed by atoms with Crippen LogP contribution in [0.15, 0.2) is 12.3 Å². The number of rotatable bonds is 5. The van der Waals surface area contributed by atoms with Crippen LogP contribution < -0.4 is 4.90 Å². The van der Waals surface area contributed by atoms with Gasteiger partial charge < -0.3 is 15.1 Å². The number of aliphatic hydroxyl groups is 1. The molecule has 0 unspecified atom stereocenters. The minimum absolute atomic E-state index is 0.0219. The van der Waals surface area contributed by atoms with E-state index in [-0.39, 0.29) is 30.6 Å². The van der Waals surface area contributed by atoms with E-state index in [1.54, 1.807) is 4.90 Å². The molecule has 0 amide bonds. The number of hydrogen-bond acceptors (Lipinski definition) is 4. The summed E-state index contributed by atoms with van der Waals surface area (Å²) in [4.78, 5) is 16.4. The summed E-state index contributed by atoms with van der Waals surface area (Å²) in [5.74, 6) is -2.12. The van der Waals surface area contributed by atoms with E-state index in [4.69, 9.17) is 10.2 Å².